The lowest BCUT2D eigenvalue weighted by molar-refractivity contribution is -0.118. The molecule has 1 aliphatic heterocycles. The quantitative estimate of drug-likeness (QED) is 0.747. The van der Waals surface area contributed by atoms with Gasteiger partial charge in [0.1, 0.15) is 5.75 Å². The molecule has 6 nitrogen and oxygen atoms in total. The SMILES string of the molecule is CCC(=O)c1ccc(OCC(=O)Nc2ccccc2N2CCN(C)CC2)cc1. The predicted octanol–water partition coefficient (Wildman–Crippen LogP) is 3.05. The van der Waals surface area contributed by atoms with Crippen LogP contribution in [0.1, 0.15) is 23.7 Å². The van der Waals surface area contributed by atoms with Crippen molar-refractivity contribution in [2.75, 3.05) is 50.1 Å². The normalized spacial score (nSPS) is 14.6. The highest BCUT2D eigenvalue weighted by atomic mass is 16.5. The van der Waals surface area contributed by atoms with Gasteiger partial charge in [-0.1, -0.05) is 19.1 Å². The third-order valence-corrected chi connectivity index (χ3v) is 4.89. The molecule has 0 aromatic heterocycles. The van der Waals surface area contributed by atoms with Crippen molar-refractivity contribution in [3.8, 4) is 5.75 Å². The summed E-state index contributed by atoms with van der Waals surface area (Å²) in [6, 6.07) is 14.7. The van der Waals surface area contributed by atoms with Crippen molar-refractivity contribution in [3.63, 3.8) is 0 Å². The van der Waals surface area contributed by atoms with E-state index in [-0.39, 0.29) is 18.3 Å². The van der Waals surface area contributed by atoms with Crippen LogP contribution in [0.5, 0.6) is 5.75 Å². The number of hydrogen-bond donors (Lipinski definition) is 1. The predicted molar refractivity (Wildman–Crippen MR) is 111 cm³/mol. The number of nitrogens with zero attached hydrogens (tertiary/aromatic N) is 2. The fourth-order valence-electron chi connectivity index (χ4n) is 3.18. The maximum atomic E-state index is 12.4. The molecule has 0 spiro atoms. The van der Waals surface area contributed by atoms with E-state index in [1.165, 1.54) is 0 Å². The van der Waals surface area contributed by atoms with Gasteiger partial charge in [0, 0.05) is 38.2 Å². The third kappa shape index (κ3) is 5.10. The lowest BCUT2D eigenvalue weighted by atomic mass is 10.1. The maximum absolute atomic E-state index is 12.4. The molecule has 6 heteroatoms. The summed E-state index contributed by atoms with van der Waals surface area (Å²) < 4.78 is 5.56. The van der Waals surface area contributed by atoms with Gasteiger partial charge in [-0.2, -0.15) is 0 Å². The molecule has 0 atom stereocenters. The van der Waals surface area contributed by atoms with Gasteiger partial charge < -0.3 is 19.9 Å². The van der Waals surface area contributed by atoms with E-state index in [1.807, 2.05) is 31.2 Å². The van der Waals surface area contributed by atoms with Crippen molar-refractivity contribution in [1.29, 1.82) is 0 Å². The molecule has 0 radical (unpaired) electrons. The van der Waals surface area contributed by atoms with Crippen LogP contribution in [0.15, 0.2) is 48.5 Å². The van der Waals surface area contributed by atoms with Gasteiger partial charge in [-0.05, 0) is 43.4 Å². The largest absolute Gasteiger partial charge is 0.484 e. The average molecular weight is 381 g/mol. The number of ketones is 1. The molecule has 148 valence electrons. The number of benzene rings is 2. The van der Waals surface area contributed by atoms with Crippen LogP contribution in [0.4, 0.5) is 11.4 Å². The fraction of sp³-hybridized carbons (Fsp3) is 0.364. The van der Waals surface area contributed by atoms with Crippen molar-refractivity contribution in [3.05, 3.63) is 54.1 Å². The summed E-state index contributed by atoms with van der Waals surface area (Å²) in [6.07, 6.45) is 0.468. The monoisotopic (exact) mass is 381 g/mol. The molecule has 1 aliphatic rings. The van der Waals surface area contributed by atoms with E-state index in [0.717, 1.165) is 37.6 Å². The Labute approximate surface area is 166 Å². The number of nitrogens with one attached hydrogen (secondary N) is 1. The molecule has 2 aromatic carbocycles. The second-order valence-electron chi connectivity index (χ2n) is 6.95. The van der Waals surface area contributed by atoms with Gasteiger partial charge in [0.15, 0.2) is 12.4 Å². The molecular formula is C22H27N3O3. The number of piperazine rings is 1. The van der Waals surface area contributed by atoms with Crippen LogP contribution >= 0.6 is 0 Å². The second-order valence-corrected chi connectivity index (χ2v) is 6.95. The number of rotatable bonds is 7. The zero-order valence-electron chi connectivity index (χ0n) is 16.5. The summed E-state index contributed by atoms with van der Waals surface area (Å²) in [5.74, 6) is 0.440. The first-order valence-electron chi connectivity index (χ1n) is 9.65. The zero-order valence-corrected chi connectivity index (χ0v) is 16.5. The summed E-state index contributed by atoms with van der Waals surface area (Å²) in [5.41, 5.74) is 2.48. The number of Topliss-reactive ketones (excluding diaryl/α,β-unsaturated/α-hetero) is 1. The number of carbonyl (C=O) groups excluding carboxylic acids is 2. The minimum absolute atomic E-state index is 0.0852. The summed E-state index contributed by atoms with van der Waals surface area (Å²) in [7, 11) is 2.12. The van der Waals surface area contributed by atoms with Gasteiger partial charge >= 0.3 is 0 Å². The highest BCUT2D eigenvalue weighted by Crippen LogP contribution is 2.26. The van der Waals surface area contributed by atoms with Crippen molar-refractivity contribution in [2.24, 2.45) is 0 Å². The minimum atomic E-state index is -0.213. The molecule has 0 unspecified atom stereocenters. The Morgan fingerprint density at radius 1 is 1.00 bits per heavy atom. The molecule has 1 saturated heterocycles. The van der Waals surface area contributed by atoms with Gasteiger partial charge in [-0.25, -0.2) is 0 Å². The van der Waals surface area contributed by atoms with E-state index >= 15 is 0 Å². The average Bonchev–Trinajstić information content (AvgIpc) is 2.73. The number of carbonyl (C=O) groups is 2. The van der Waals surface area contributed by atoms with Crippen LogP contribution in [-0.4, -0.2) is 56.4 Å². The van der Waals surface area contributed by atoms with E-state index in [0.29, 0.717) is 17.7 Å². The van der Waals surface area contributed by atoms with E-state index < -0.39 is 0 Å². The van der Waals surface area contributed by atoms with Crippen molar-refractivity contribution in [1.82, 2.24) is 4.90 Å². The summed E-state index contributed by atoms with van der Waals surface area (Å²) in [5, 5.41) is 2.95. The highest BCUT2D eigenvalue weighted by molar-refractivity contribution is 5.96. The summed E-state index contributed by atoms with van der Waals surface area (Å²) in [6.45, 7) is 5.62. The van der Waals surface area contributed by atoms with E-state index in [9.17, 15) is 9.59 Å². The number of likely N-dealkylation sites (N-methyl/N-ethyl adjacent to an activating group) is 1. The lowest BCUT2D eigenvalue weighted by Gasteiger charge is -2.35. The number of anilines is 2. The summed E-state index contributed by atoms with van der Waals surface area (Å²) >= 11 is 0. The van der Waals surface area contributed by atoms with Crippen LogP contribution < -0.4 is 15.0 Å². The van der Waals surface area contributed by atoms with Crippen molar-refractivity contribution in [2.45, 2.75) is 13.3 Å². The lowest BCUT2D eigenvalue weighted by Crippen LogP contribution is -2.44. The molecule has 0 aliphatic carbocycles. The van der Waals surface area contributed by atoms with Crippen LogP contribution in [0.25, 0.3) is 0 Å². The molecule has 3 rings (SSSR count). The van der Waals surface area contributed by atoms with Crippen LogP contribution in [0.3, 0.4) is 0 Å². The van der Waals surface area contributed by atoms with Crippen LogP contribution in [-0.2, 0) is 4.79 Å². The molecule has 1 heterocycles. The maximum Gasteiger partial charge on any atom is 0.262 e. The van der Waals surface area contributed by atoms with Crippen LogP contribution in [0.2, 0.25) is 0 Å². The Bertz CT molecular complexity index is 812. The molecular weight excluding hydrogens is 354 g/mol. The highest BCUT2D eigenvalue weighted by Gasteiger charge is 2.17. The van der Waals surface area contributed by atoms with Crippen molar-refractivity contribution >= 4 is 23.1 Å². The van der Waals surface area contributed by atoms with E-state index in [1.54, 1.807) is 24.3 Å². The Morgan fingerprint density at radius 3 is 2.36 bits per heavy atom. The zero-order chi connectivity index (χ0) is 19.9. The smallest absolute Gasteiger partial charge is 0.262 e. The van der Waals surface area contributed by atoms with E-state index in [4.69, 9.17) is 4.74 Å². The number of para-hydroxylation sites is 2. The van der Waals surface area contributed by atoms with Gasteiger partial charge in [0.25, 0.3) is 5.91 Å². The minimum Gasteiger partial charge on any atom is -0.484 e. The first-order valence-corrected chi connectivity index (χ1v) is 9.65. The molecule has 1 fully saturated rings. The number of ether oxygens (including phenoxy) is 1. The Kier molecular flexibility index (Phi) is 6.66. The molecule has 1 N–H and O–H groups in total. The third-order valence-electron chi connectivity index (χ3n) is 4.89. The second kappa shape index (κ2) is 9.37. The first-order chi connectivity index (χ1) is 13.6. The van der Waals surface area contributed by atoms with Crippen molar-refractivity contribution < 1.29 is 14.3 Å². The van der Waals surface area contributed by atoms with Gasteiger partial charge in [-0.15, -0.1) is 0 Å². The topological polar surface area (TPSA) is 61.9 Å². The number of hydrogen-bond acceptors (Lipinski definition) is 5. The Hall–Kier alpha value is -2.86. The van der Waals surface area contributed by atoms with Gasteiger partial charge in [0.05, 0.1) is 11.4 Å². The van der Waals surface area contributed by atoms with Gasteiger partial charge in [-0.3, -0.25) is 9.59 Å². The van der Waals surface area contributed by atoms with Gasteiger partial charge in [0.2, 0.25) is 0 Å². The Morgan fingerprint density at radius 2 is 1.68 bits per heavy atom. The Balaban J connectivity index is 1.57. The first kappa shape index (κ1) is 19.9. The van der Waals surface area contributed by atoms with E-state index in [2.05, 4.69) is 22.2 Å². The summed E-state index contributed by atoms with van der Waals surface area (Å²) in [4.78, 5) is 28.6. The fourth-order valence-corrected chi connectivity index (χ4v) is 3.18. The molecule has 0 saturated carbocycles. The van der Waals surface area contributed by atoms with Crippen LogP contribution in [0, 0.1) is 0 Å². The molecule has 28 heavy (non-hydrogen) atoms. The number of amides is 1. The molecule has 1 amide bonds. The standard InChI is InChI=1S/C22H27N3O3/c1-3-21(26)17-8-10-18(11-9-17)28-16-22(27)23-19-6-4-5-7-20(19)25-14-12-24(2)13-15-25/h4-11H,3,12-16H2,1-2H3,(H,23,27). The molecule has 2 aromatic rings. The molecule has 0 bridgehead atoms.